The molecule has 0 saturated heterocycles. The first-order chi connectivity index (χ1) is 7.87. The van der Waals surface area contributed by atoms with E-state index in [-0.39, 0.29) is 0 Å². The third kappa shape index (κ3) is 2.57. The molecule has 0 amide bonds. The van der Waals surface area contributed by atoms with Crippen molar-refractivity contribution in [2.45, 2.75) is 51.9 Å². The van der Waals surface area contributed by atoms with Gasteiger partial charge >= 0.3 is 0 Å². The molecular formula is C15H25N. The van der Waals surface area contributed by atoms with Gasteiger partial charge in [0.2, 0.25) is 0 Å². The Morgan fingerprint density at radius 2 is 2.06 bits per heavy atom. The zero-order chi connectivity index (χ0) is 11.3. The van der Waals surface area contributed by atoms with Crippen molar-refractivity contribution in [2.75, 3.05) is 13.1 Å². The van der Waals surface area contributed by atoms with Crippen molar-refractivity contribution in [3.63, 3.8) is 0 Å². The molecule has 16 heavy (non-hydrogen) atoms. The van der Waals surface area contributed by atoms with E-state index in [4.69, 9.17) is 0 Å². The molecule has 0 aliphatic heterocycles. The molecule has 0 aromatic heterocycles. The van der Waals surface area contributed by atoms with Crippen molar-refractivity contribution in [3.8, 4) is 0 Å². The molecular weight excluding hydrogens is 194 g/mol. The van der Waals surface area contributed by atoms with Crippen LogP contribution in [-0.4, -0.2) is 13.1 Å². The second-order valence-corrected chi connectivity index (χ2v) is 5.31. The van der Waals surface area contributed by atoms with Gasteiger partial charge in [0.25, 0.3) is 0 Å². The Balaban J connectivity index is 2.00. The van der Waals surface area contributed by atoms with Crippen LogP contribution in [0.2, 0.25) is 0 Å². The van der Waals surface area contributed by atoms with E-state index in [1.807, 2.05) is 0 Å². The fourth-order valence-corrected chi connectivity index (χ4v) is 3.05. The summed E-state index contributed by atoms with van der Waals surface area (Å²) in [6.07, 6.45) is 16.5. The molecule has 1 N–H and O–H groups in total. The van der Waals surface area contributed by atoms with Crippen LogP contribution in [-0.2, 0) is 0 Å². The molecule has 0 atom stereocenters. The average molecular weight is 219 g/mol. The molecule has 1 heteroatoms. The maximum Gasteiger partial charge on any atom is 0.0105 e. The molecule has 2 aliphatic carbocycles. The molecule has 0 bridgehead atoms. The summed E-state index contributed by atoms with van der Waals surface area (Å²) in [4.78, 5) is 0. The molecule has 2 rings (SSSR count). The van der Waals surface area contributed by atoms with Crippen LogP contribution in [0.3, 0.4) is 0 Å². The summed E-state index contributed by atoms with van der Waals surface area (Å²) in [5.74, 6) is 0. The molecule has 0 aromatic carbocycles. The Morgan fingerprint density at radius 3 is 2.69 bits per heavy atom. The van der Waals surface area contributed by atoms with Crippen molar-refractivity contribution in [3.05, 3.63) is 23.8 Å². The van der Waals surface area contributed by atoms with Gasteiger partial charge in [0, 0.05) is 12.0 Å². The molecule has 1 nitrogen and oxygen atoms in total. The fraction of sp³-hybridized carbons (Fsp3) is 0.733. The number of rotatable bonds is 5. The van der Waals surface area contributed by atoms with Gasteiger partial charge in [-0.05, 0) is 51.5 Å². The van der Waals surface area contributed by atoms with E-state index in [1.165, 1.54) is 51.5 Å². The highest BCUT2D eigenvalue weighted by atomic mass is 14.9. The zero-order valence-electron chi connectivity index (χ0n) is 10.6. The van der Waals surface area contributed by atoms with Gasteiger partial charge in [0.05, 0.1) is 0 Å². The lowest BCUT2D eigenvalue weighted by Crippen LogP contribution is -2.35. The van der Waals surface area contributed by atoms with Crippen molar-refractivity contribution in [1.29, 1.82) is 0 Å². The van der Waals surface area contributed by atoms with Crippen LogP contribution in [0.4, 0.5) is 0 Å². The van der Waals surface area contributed by atoms with Gasteiger partial charge in [-0.25, -0.2) is 0 Å². The van der Waals surface area contributed by atoms with Gasteiger partial charge in [-0.2, -0.15) is 0 Å². The van der Waals surface area contributed by atoms with E-state index in [0.29, 0.717) is 5.41 Å². The topological polar surface area (TPSA) is 12.0 Å². The van der Waals surface area contributed by atoms with E-state index >= 15 is 0 Å². The molecule has 0 saturated carbocycles. The monoisotopic (exact) mass is 219 g/mol. The summed E-state index contributed by atoms with van der Waals surface area (Å²) in [6.45, 7) is 4.58. The lowest BCUT2D eigenvalue weighted by Gasteiger charge is -2.34. The van der Waals surface area contributed by atoms with Crippen LogP contribution < -0.4 is 5.32 Å². The highest BCUT2D eigenvalue weighted by Gasteiger charge is 2.34. The van der Waals surface area contributed by atoms with E-state index in [9.17, 15) is 0 Å². The minimum atomic E-state index is 0.454. The second kappa shape index (κ2) is 5.67. The van der Waals surface area contributed by atoms with E-state index in [0.717, 1.165) is 6.54 Å². The number of hydrogen-bond donors (Lipinski definition) is 1. The summed E-state index contributed by atoms with van der Waals surface area (Å²) < 4.78 is 0. The van der Waals surface area contributed by atoms with Crippen LogP contribution >= 0.6 is 0 Å². The number of nitrogens with one attached hydrogen (secondary N) is 1. The quantitative estimate of drug-likeness (QED) is 0.547. The Morgan fingerprint density at radius 1 is 1.25 bits per heavy atom. The third-order valence-corrected chi connectivity index (χ3v) is 4.05. The molecule has 0 fully saturated rings. The standard InChI is InChI=1S/C15H25N/c1-2-12-16-13-15(10-6-7-11-15)14-8-4-3-5-9-14/h6-8,16H,2-5,9-13H2,1H3. The lowest BCUT2D eigenvalue weighted by molar-refractivity contribution is 0.337. The average Bonchev–Trinajstić information content (AvgIpc) is 2.81. The predicted octanol–water partition coefficient (Wildman–Crippen LogP) is 3.82. The second-order valence-electron chi connectivity index (χ2n) is 5.31. The molecule has 0 spiro atoms. The van der Waals surface area contributed by atoms with Crippen LogP contribution in [0.15, 0.2) is 23.8 Å². The van der Waals surface area contributed by atoms with Crippen molar-refractivity contribution >= 4 is 0 Å². The maximum atomic E-state index is 3.63. The smallest absolute Gasteiger partial charge is 0.0105 e. The summed E-state index contributed by atoms with van der Waals surface area (Å²) in [5.41, 5.74) is 2.20. The van der Waals surface area contributed by atoms with Gasteiger partial charge in [0.15, 0.2) is 0 Å². The van der Waals surface area contributed by atoms with Crippen molar-refractivity contribution in [2.24, 2.45) is 5.41 Å². The highest BCUT2D eigenvalue weighted by Crippen LogP contribution is 2.43. The molecule has 0 aromatic rings. The Kier molecular flexibility index (Phi) is 4.22. The minimum absolute atomic E-state index is 0.454. The number of hydrogen-bond acceptors (Lipinski definition) is 1. The highest BCUT2D eigenvalue weighted by molar-refractivity contribution is 5.24. The largest absolute Gasteiger partial charge is 0.316 e. The third-order valence-electron chi connectivity index (χ3n) is 4.05. The normalized spacial score (nSPS) is 23.4. The predicted molar refractivity (Wildman–Crippen MR) is 70.5 cm³/mol. The Bertz CT molecular complexity index is 267. The number of allylic oxidation sites excluding steroid dienone is 3. The summed E-state index contributed by atoms with van der Waals surface area (Å²) in [7, 11) is 0. The maximum absolute atomic E-state index is 3.63. The fourth-order valence-electron chi connectivity index (χ4n) is 3.05. The first-order valence-electron chi connectivity index (χ1n) is 6.93. The van der Waals surface area contributed by atoms with Gasteiger partial charge in [-0.3, -0.25) is 0 Å². The SMILES string of the molecule is CCCNCC1(C2=CCCCC2)CC=CC1. The van der Waals surface area contributed by atoms with Crippen LogP contribution in [0.25, 0.3) is 0 Å². The first kappa shape index (κ1) is 11.9. The zero-order valence-corrected chi connectivity index (χ0v) is 10.6. The Labute approximate surface area is 100 Å². The van der Waals surface area contributed by atoms with E-state index in [1.54, 1.807) is 5.57 Å². The first-order valence-corrected chi connectivity index (χ1v) is 6.93. The lowest BCUT2D eigenvalue weighted by atomic mass is 9.73. The van der Waals surface area contributed by atoms with Gasteiger partial charge in [-0.1, -0.05) is 30.7 Å². The van der Waals surface area contributed by atoms with Gasteiger partial charge in [0.1, 0.15) is 0 Å². The molecule has 90 valence electrons. The van der Waals surface area contributed by atoms with Crippen molar-refractivity contribution in [1.82, 2.24) is 5.32 Å². The molecule has 0 unspecified atom stereocenters. The molecule has 2 aliphatic rings. The summed E-state index contributed by atoms with van der Waals surface area (Å²) in [6, 6.07) is 0. The molecule has 0 radical (unpaired) electrons. The minimum Gasteiger partial charge on any atom is -0.316 e. The van der Waals surface area contributed by atoms with Crippen LogP contribution in [0, 0.1) is 5.41 Å². The van der Waals surface area contributed by atoms with E-state index < -0.39 is 0 Å². The Hall–Kier alpha value is -0.560. The van der Waals surface area contributed by atoms with Gasteiger partial charge in [-0.15, -0.1) is 0 Å². The van der Waals surface area contributed by atoms with Gasteiger partial charge < -0.3 is 5.32 Å². The summed E-state index contributed by atoms with van der Waals surface area (Å²) >= 11 is 0. The summed E-state index contributed by atoms with van der Waals surface area (Å²) in [5, 5.41) is 3.63. The van der Waals surface area contributed by atoms with Crippen LogP contribution in [0.5, 0.6) is 0 Å². The van der Waals surface area contributed by atoms with Crippen molar-refractivity contribution < 1.29 is 0 Å². The molecule has 0 heterocycles. The van der Waals surface area contributed by atoms with Crippen LogP contribution in [0.1, 0.15) is 51.9 Å². The van der Waals surface area contributed by atoms with E-state index in [2.05, 4.69) is 30.5 Å².